The highest BCUT2D eigenvalue weighted by atomic mass is 35.5. The lowest BCUT2D eigenvalue weighted by Crippen LogP contribution is -2.35. The number of methoxy groups -OCH3 is 1. The number of anilines is 1. The van der Waals surface area contributed by atoms with E-state index in [4.69, 9.17) is 26.8 Å². The van der Waals surface area contributed by atoms with Crippen molar-refractivity contribution in [3.63, 3.8) is 0 Å². The normalized spacial score (nSPS) is 11.2. The maximum atomic E-state index is 12.1. The van der Waals surface area contributed by atoms with E-state index in [1.54, 1.807) is 48.5 Å². The third kappa shape index (κ3) is 6.81. The van der Waals surface area contributed by atoms with Crippen LogP contribution in [-0.2, 0) is 14.3 Å². The summed E-state index contributed by atoms with van der Waals surface area (Å²) >= 11 is 5.84. The number of carbonyl (C=O) groups is 3. The van der Waals surface area contributed by atoms with E-state index in [2.05, 4.69) is 10.6 Å². The second kappa shape index (κ2) is 10.2. The summed E-state index contributed by atoms with van der Waals surface area (Å²) in [5.41, 5.74) is 6.30. The molecule has 0 aliphatic rings. The van der Waals surface area contributed by atoms with Crippen LogP contribution in [0.5, 0.6) is 5.75 Å². The number of carbonyl (C=O) groups excluding carboxylic acids is 3. The molecule has 0 saturated heterocycles. The van der Waals surface area contributed by atoms with Crippen LogP contribution in [0.25, 0.3) is 0 Å². The molecule has 2 aromatic carbocycles. The third-order valence-corrected chi connectivity index (χ3v) is 3.93. The average Bonchev–Trinajstić information content (AvgIpc) is 2.66. The predicted molar refractivity (Wildman–Crippen MR) is 104 cm³/mol. The summed E-state index contributed by atoms with van der Waals surface area (Å²) in [6.07, 6.45) is -0.197. The van der Waals surface area contributed by atoms with Crippen molar-refractivity contribution in [2.24, 2.45) is 5.73 Å². The Kier molecular flexibility index (Phi) is 7.65. The molecule has 0 unspecified atom stereocenters. The van der Waals surface area contributed by atoms with Gasteiger partial charge in [0.15, 0.2) is 6.61 Å². The smallest absolute Gasteiger partial charge is 0.312 e. The molecule has 0 fully saturated rings. The van der Waals surface area contributed by atoms with Crippen LogP contribution in [0.1, 0.15) is 18.0 Å². The van der Waals surface area contributed by atoms with Crippen LogP contribution in [0.2, 0.25) is 5.02 Å². The minimum Gasteiger partial charge on any atom is -0.497 e. The van der Waals surface area contributed by atoms with Gasteiger partial charge in [-0.2, -0.15) is 0 Å². The molecule has 28 heavy (non-hydrogen) atoms. The van der Waals surface area contributed by atoms with E-state index in [0.717, 1.165) is 0 Å². The van der Waals surface area contributed by atoms with E-state index in [1.165, 1.54) is 7.11 Å². The van der Waals surface area contributed by atoms with E-state index < -0.39 is 30.6 Å². The first-order valence-corrected chi connectivity index (χ1v) is 8.66. The maximum absolute atomic E-state index is 12.1. The summed E-state index contributed by atoms with van der Waals surface area (Å²) < 4.78 is 10.1. The summed E-state index contributed by atoms with van der Waals surface area (Å²) in [5.74, 6) is -0.597. The average molecular weight is 406 g/mol. The SMILES string of the molecule is COc1cccc(NC(=O)COC(=O)C[C@@H](NC(N)=O)c2ccc(Cl)cc2)c1. The number of hydrogen-bond donors (Lipinski definition) is 3. The fourth-order valence-electron chi connectivity index (χ4n) is 2.39. The molecule has 3 amide bonds. The third-order valence-electron chi connectivity index (χ3n) is 3.68. The Morgan fingerprint density at radius 2 is 1.86 bits per heavy atom. The Bertz CT molecular complexity index is 842. The fraction of sp³-hybridized carbons (Fsp3) is 0.211. The molecule has 0 radical (unpaired) electrons. The largest absolute Gasteiger partial charge is 0.497 e. The zero-order chi connectivity index (χ0) is 20.5. The second-order valence-electron chi connectivity index (χ2n) is 5.76. The zero-order valence-electron chi connectivity index (χ0n) is 15.1. The minimum atomic E-state index is -0.788. The number of nitrogens with one attached hydrogen (secondary N) is 2. The molecule has 0 saturated carbocycles. The van der Waals surface area contributed by atoms with Crippen molar-refractivity contribution in [1.82, 2.24) is 5.32 Å². The predicted octanol–water partition coefficient (Wildman–Crippen LogP) is 2.63. The Morgan fingerprint density at radius 1 is 1.14 bits per heavy atom. The first kappa shape index (κ1) is 21.0. The highest BCUT2D eigenvalue weighted by Crippen LogP contribution is 2.20. The molecule has 9 heteroatoms. The molecule has 148 valence electrons. The van der Waals surface area contributed by atoms with Gasteiger partial charge in [0.1, 0.15) is 5.75 Å². The molecular formula is C19H20ClN3O5. The Labute approximate surface area is 166 Å². The highest BCUT2D eigenvalue weighted by molar-refractivity contribution is 6.30. The molecular weight excluding hydrogens is 386 g/mol. The standard InChI is InChI=1S/C19H20ClN3O5/c1-27-15-4-2-3-14(9-15)22-17(24)11-28-18(25)10-16(23-19(21)26)12-5-7-13(20)8-6-12/h2-9,16H,10-11H2,1H3,(H,22,24)(H3,21,23,26)/t16-/m1/s1. The van der Waals surface area contributed by atoms with Crippen LogP contribution >= 0.6 is 11.6 Å². The van der Waals surface area contributed by atoms with Gasteiger partial charge in [-0.05, 0) is 29.8 Å². The van der Waals surface area contributed by atoms with Crippen molar-refractivity contribution in [3.8, 4) is 5.75 Å². The van der Waals surface area contributed by atoms with E-state index in [9.17, 15) is 14.4 Å². The molecule has 0 heterocycles. The summed E-state index contributed by atoms with van der Waals surface area (Å²) in [6, 6.07) is 11.8. The van der Waals surface area contributed by atoms with E-state index in [-0.39, 0.29) is 6.42 Å². The number of rotatable bonds is 8. The van der Waals surface area contributed by atoms with Gasteiger partial charge in [-0.1, -0.05) is 29.8 Å². The number of primary amides is 1. The molecule has 8 nitrogen and oxygen atoms in total. The zero-order valence-corrected chi connectivity index (χ0v) is 15.9. The van der Waals surface area contributed by atoms with Crippen molar-refractivity contribution in [2.75, 3.05) is 19.0 Å². The first-order valence-electron chi connectivity index (χ1n) is 8.28. The quantitative estimate of drug-likeness (QED) is 0.583. The van der Waals surface area contributed by atoms with E-state index in [0.29, 0.717) is 22.0 Å². The summed E-state index contributed by atoms with van der Waals surface area (Å²) in [6.45, 7) is -0.472. The maximum Gasteiger partial charge on any atom is 0.312 e. The fourth-order valence-corrected chi connectivity index (χ4v) is 2.51. The molecule has 2 aromatic rings. The van der Waals surface area contributed by atoms with Crippen molar-refractivity contribution >= 4 is 35.2 Å². The summed E-state index contributed by atoms with van der Waals surface area (Å²) in [5, 5.41) is 5.57. The highest BCUT2D eigenvalue weighted by Gasteiger charge is 2.19. The van der Waals surface area contributed by atoms with Gasteiger partial charge in [-0.3, -0.25) is 9.59 Å². The number of benzene rings is 2. The lowest BCUT2D eigenvalue weighted by Gasteiger charge is -2.17. The van der Waals surface area contributed by atoms with Gasteiger partial charge in [0, 0.05) is 16.8 Å². The number of amides is 3. The summed E-state index contributed by atoms with van der Waals surface area (Å²) in [7, 11) is 1.51. The van der Waals surface area contributed by atoms with Crippen LogP contribution in [0.4, 0.5) is 10.5 Å². The van der Waals surface area contributed by atoms with Crippen molar-refractivity contribution in [2.45, 2.75) is 12.5 Å². The van der Waals surface area contributed by atoms with E-state index >= 15 is 0 Å². The number of nitrogens with two attached hydrogens (primary N) is 1. The topological polar surface area (TPSA) is 120 Å². The van der Waals surface area contributed by atoms with Gasteiger partial charge < -0.3 is 25.8 Å². The lowest BCUT2D eigenvalue weighted by molar-refractivity contribution is -0.147. The molecule has 2 rings (SSSR count). The molecule has 0 aromatic heterocycles. The van der Waals surface area contributed by atoms with Gasteiger partial charge in [0.25, 0.3) is 5.91 Å². The van der Waals surface area contributed by atoms with Crippen LogP contribution in [0, 0.1) is 0 Å². The number of esters is 1. The Morgan fingerprint density at radius 3 is 2.50 bits per heavy atom. The van der Waals surface area contributed by atoms with Crippen LogP contribution in [-0.4, -0.2) is 31.6 Å². The molecule has 0 spiro atoms. The molecule has 1 atom stereocenters. The van der Waals surface area contributed by atoms with Gasteiger partial charge in [0.2, 0.25) is 0 Å². The molecule has 0 bridgehead atoms. The monoisotopic (exact) mass is 405 g/mol. The molecule has 0 aliphatic heterocycles. The van der Waals surface area contributed by atoms with Gasteiger partial charge in [0.05, 0.1) is 19.6 Å². The van der Waals surface area contributed by atoms with Gasteiger partial charge >= 0.3 is 12.0 Å². The number of ether oxygens (including phenoxy) is 2. The van der Waals surface area contributed by atoms with Gasteiger partial charge in [-0.15, -0.1) is 0 Å². The number of halogens is 1. The van der Waals surface area contributed by atoms with E-state index in [1.807, 2.05) is 0 Å². The van der Waals surface area contributed by atoms with Crippen LogP contribution < -0.4 is 21.1 Å². The molecule has 4 N–H and O–H groups in total. The van der Waals surface area contributed by atoms with Crippen molar-refractivity contribution in [1.29, 1.82) is 0 Å². The number of urea groups is 1. The lowest BCUT2D eigenvalue weighted by atomic mass is 10.0. The molecule has 0 aliphatic carbocycles. The second-order valence-corrected chi connectivity index (χ2v) is 6.19. The minimum absolute atomic E-state index is 0.197. The van der Waals surface area contributed by atoms with Gasteiger partial charge in [-0.25, -0.2) is 4.79 Å². The summed E-state index contributed by atoms with van der Waals surface area (Å²) in [4.78, 5) is 35.3. The van der Waals surface area contributed by atoms with Crippen LogP contribution in [0.15, 0.2) is 48.5 Å². The Hall–Kier alpha value is -3.26. The van der Waals surface area contributed by atoms with Crippen molar-refractivity contribution in [3.05, 3.63) is 59.1 Å². The number of hydrogen-bond acceptors (Lipinski definition) is 5. The first-order chi connectivity index (χ1) is 13.4. The van der Waals surface area contributed by atoms with Crippen molar-refractivity contribution < 1.29 is 23.9 Å². The Balaban J connectivity index is 1.90. The van der Waals surface area contributed by atoms with Crippen LogP contribution in [0.3, 0.4) is 0 Å².